The van der Waals surface area contributed by atoms with Crippen LogP contribution in [-0.2, 0) is 0 Å². The van der Waals surface area contributed by atoms with Gasteiger partial charge in [-0.1, -0.05) is 0 Å². The molecular formula is C8H8F2N2O. The molecule has 0 radical (unpaired) electrons. The third-order valence-electron chi connectivity index (χ3n) is 1.42. The van der Waals surface area contributed by atoms with Gasteiger partial charge in [0.25, 0.3) is 5.91 Å². The number of nitrogens with zero attached hydrogens (tertiary/aromatic N) is 2. The van der Waals surface area contributed by atoms with E-state index in [-0.39, 0.29) is 5.69 Å². The normalized spacial score (nSPS) is 9.85. The van der Waals surface area contributed by atoms with Gasteiger partial charge in [-0.3, -0.25) is 4.79 Å². The van der Waals surface area contributed by atoms with Gasteiger partial charge in [-0.2, -0.15) is 0 Å². The first-order valence-electron chi connectivity index (χ1n) is 3.55. The lowest BCUT2D eigenvalue weighted by molar-refractivity contribution is 0.0816. The summed E-state index contributed by atoms with van der Waals surface area (Å²) in [6, 6.07) is 0.629. The van der Waals surface area contributed by atoms with Gasteiger partial charge in [0, 0.05) is 20.2 Å². The van der Waals surface area contributed by atoms with Gasteiger partial charge in [0.05, 0.1) is 6.20 Å². The van der Waals surface area contributed by atoms with E-state index in [1.807, 2.05) is 0 Å². The molecule has 1 aromatic heterocycles. The molecule has 0 fully saturated rings. The summed E-state index contributed by atoms with van der Waals surface area (Å²) in [4.78, 5) is 15.7. The van der Waals surface area contributed by atoms with E-state index >= 15 is 0 Å². The van der Waals surface area contributed by atoms with E-state index in [9.17, 15) is 13.6 Å². The third kappa shape index (κ3) is 1.99. The zero-order chi connectivity index (χ0) is 10.0. The van der Waals surface area contributed by atoms with Crippen molar-refractivity contribution in [3.63, 3.8) is 0 Å². The summed E-state index contributed by atoms with van der Waals surface area (Å²) in [5.74, 6) is -2.33. The fraction of sp³-hybridized carbons (Fsp3) is 0.250. The van der Waals surface area contributed by atoms with Gasteiger partial charge in [0.1, 0.15) is 5.82 Å². The summed E-state index contributed by atoms with van der Waals surface area (Å²) in [7, 11) is 2.93. The topological polar surface area (TPSA) is 33.2 Å². The smallest absolute Gasteiger partial charge is 0.274 e. The van der Waals surface area contributed by atoms with Gasteiger partial charge in [-0.15, -0.1) is 0 Å². The van der Waals surface area contributed by atoms with Crippen LogP contribution < -0.4 is 0 Å². The van der Waals surface area contributed by atoms with E-state index < -0.39 is 17.5 Å². The maximum absolute atomic E-state index is 12.9. The Morgan fingerprint density at radius 1 is 1.46 bits per heavy atom. The maximum Gasteiger partial charge on any atom is 0.274 e. The Balaban J connectivity index is 3.09. The van der Waals surface area contributed by atoms with Crippen LogP contribution in [0.25, 0.3) is 0 Å². The Labute approximate surface area is 74.0 Å². The highest BCUT2D eigenvalue weighted by Crippen LogP contribution is 2.07. The van der Waals surface area contributed by atoms with Crippen molar-refractivity contribution in [3.05, 3.63) is 29.6 Å². The first kappa shape index (κ1) is 9.57. The molecule has 1 rings (SSSR count). The summed E-state index contributed by atoms with van der Waals surface area (Å²) < 4.78 is 25.3. The Kier molecular flexibility index (Phi) is 2.55. The molecule has 0 saturated carbocycles. The zero-order valence-corrected chi connectivity index (χ0v) is 7.21. The second-order valence-corrected chi connectivity index (χ2v) is 2.68. The first-order chi connectivity index (χ1) is 6.02. The van der Waals surface area contributed by atoms with Crippen LogP contribution in [0.3, 0.4) is 0 Å². The molecule has 13 heavy (non-hydrogen) atoms. The number of aromatic nitrogens is 1. The Morgan fingerprint density at radius 2 is 2.08 bits per heavy atom. The number of hydrogen-bond donors (Lipinski definition) is 0. The zero-order valence-electron chi connectivity index (χ0n) is 7.21. The SMILES string of the molecule is CN(C)C(=O)c1ncc(F)cc1F. The number of carbonyl (C=O) groups is 1. The molecule has 0 aliphatic carbocycles. The van der Waals surface area contributed by atoms with Crippen LogP contribution in [0.5, 0.6) is 0 Å². The summed E-state index contributed by atoms with van der Waals surface area (Å²) >= 11 is 0. The molecule has 0 unspecified atom stereocenters. The quantitative estimate of drug-likeness (QED) is 0.657. The van der Waals surface area contributed by atoms with Crippen LogP contribution in [0.1, 0.15) is 10.5 Å². The highest BCUT2D eigenvalue weighted by molar-refractivity contribution is 5.92. The van der Waals surface area contributed by atoms with Crippen molar-refractivity contribution in [1.82, 2.24) is 9.88 Å². The maximum atomic E-state index is 12.9. The van der Waals surface area contributed by atoms with E-state index in [0.717, 1.165) is 6.20 Å². The standard InChI is InChI=1S/C8H8F2N2O/c1-12(2)8(13)7-6(10)3-5(9)4-11-7/h3-4H,1-2H3. The minimum atomic E-state index is -0.946. The third-order valence-corrected chi connectivity index (χ3v) is 1.42. The van der Waals surface area contributed by atoms with Crippen LogP contribution in [0.15, 0.2) is 12.3 Å². The monoisotopic (exact) mass is 186 g/mol. The van der Waals surface area contributed by atoms with Crippen molar-refractivity contribution in [3.8, 4) is 0 Å². The lowest BCUT2D eigenvalue weighted by atomic mass is 10.3. The number of amides is 1. The number of carbonyl (C=O) groups excluding carboxylic acids is 1. The van der Waals surface area contributed by atoms with Crippen molar-refractivity contribution in [2.45, 2.75) is 0 Å². The van der Waals surface area contributed by atoms with Crippen molar-refractivity contribution in [1.29, 1.82) is 0 Å². The number of hydrogen-bond acceptors (Lipinski definition) is 2. The fourth-order valence-corrected chi connectivity index (χ4v) is 0.784. The summed E-state index contributed by atoms with van der Waals surface area (Å²) in [6.45, 7) is 0. The van der Waals surface area contributed by atoms with Crippen molar-refractivity contribution in [2.24, 2.45) is 0 Å². The van der Waals surface area contributed by atoms with Gasteiger partial charge in [-0.05, 0) is 0 Å². The summed E-state index contributed by atoms with van der Waals surface area (Å²) in [6.07, 6.45) is 0.805. The minimum Gasteiger partial charge on any atom is -0.343 e. The summed E-state index contributed by atoms with van der Waals surface area (Å²) in [5.41, 5.74) is -0.369. The summed E-state index contributed by atoms with van der Waals surface area (Å²) in [5, 5.41) is 0. The second kappa shape index (κ2) is 3.47. The van der Waals surface area contributed by atoms with Crippen molar-refractivity contribution < 1.29 is 13.6 Å². The van der Waals surface area contributed by atoms with E-state index in [1.165, 1.54) is 19.0 Å². The van der Waals surface area contributed by atoms with Crippen LogP contribution in [0.2, 0.25) is 0 Å². The predicted molar refractivity (Wildman–Crippen MR) is 42.2 cm³/mol. The molecule has 70 valence electrons. The van der Waals surface area contributed by atoms with Gasteiger partial charge >= 0.3 is 0 Å². The van der Waals surface area contributed by atoms with E-state index in [0.29, 0.717) is 6.07 Å². The molecule has 0 atom stereocenters. The fourth-order valence-electron chi connectivity index (χ4n) is 0.784. The lowest BCUT2D eigenvalue weighted by Gasteiger charge is -2.09. The van der Waals surface area contributed by atoms with Crippen LogP contribution in [0.4, 0.5) is 8.78 Å². The number of halogens is 2. The van der Waals surface area contributed by atoms with Crippen LogP contribution >= 0.6 is 0 Å². The second-order valence-electron chi connectivity index (χ2n) is 2.68. The van der Waals surface area contributed by atoms with Gasteiger partial charge in [0.2, 0.25) is 0 Å². The molecule has 0 spiro atoms. The molecule has 5 heteroatoms. The molecule has 1 amide bonds. The van der Waals surface area contributed by atoms with Gasteiger partial charge < -0.3 is 4.90 Å². The average molecular weight is 186 g/mol. The molecule has 0 bridgehead atoms. The van der Waals surface area contributed by atoms with Crippen LogP contribution in [0, 0.1) is 11.6 Å². The Hall–Kier alpha value is -1.52. The van der Waals surface area contributed by atoms with E-state index in [1.54, 1.807) is 0 Å². The molecule has 0 saturated heterocycles. The first-order valence-corrected chi connectivity index (χ1v) is 3.55. The van der Waals surface area contributed by atoms with Gasteiger partial charge in [-0.25, -0.2) is 13.8 Å². The van der Waals surface area contributed by atoms with Crippen molar-refractivity contribution in [2.75, 3.05) is 14.1 Å². The average Bonchev–Trinajstić information content (AvgIpc) is 2.03. The molecule has 1 heterocycles. The number of rotatable bonds is 1. The minimum absolute atomic E-state index is 0.369. The predicted octanol–water partition coefficient (Wildman–Crippen LogP) is 1.06. The van der Waals surface area contributed by atoms with Crippen LogP contribution in [-0.4, -0.2) is 29.9 Å². The molecule has 0 aliphatic rings. The molecule has 0 aliphatic heterocycles. The van der Waals surface area contributed by atoms with Gasteiger partial charge in [0.15, 0.2) is 11.5 Å². The lowest BCUT2D eigenvalue weighted by Crippen LogP contribution is -2.24. The Bertz CT molecular complexity index is 339. The Morgan fingerprint density at radius 3 is 2.54 bits per heavy atom. The highest BCUT2D eigenvalue weighted by atomic mass is 19.1. The largest absolute Gasteiger partial charge is 0.343 e. The van der Waals surface area contributed by atoms with E-state index in [4.69, 9.17) is 0 Å². The molecule has 0 aromatic carbocycles. The molecule has 1 aromatic rings. The highest BCUT2D eigenvalue weighted by Gasteiger charge is 2.15. The molecule has 0 N–H and O–H groups in total. The molecule has 3 nitrogen and oxygen atoms in total. The molecular weight excluding hydrogens is 178 g/mol. The number of pyridine rings is 1. The van der Waals surface area contributed by atoms with E-state index in [2.05, 4.69) is 4.98 Å². The van der Waals surface area contributed by atoms with Crippen molar-refractivity contribution >= 4 is 5.91 Å².